The summed E-state index contributed by atoms with van der Waals surface area (Å²) in [5.74, 6) is 1.01. The number of nitrogens with one attached hydrogen (secondary N) is 1. The van der Waals surface area contributed by atoms with Crippen LogP contribution in [0.25, 0.3) is 0 Å². The average Bonchev–Trinajstić information content (AvgIpc) is 2.19. The van der Waals surface area contributed by atoms with Crippen molar-refractivity contribution in [2.45, 2.75) is 19.3 Å². The minimum Gasteiger partial charge on any atom is -0.370 e. The van der Waals surface area contributed by atoms with Crippen LogP contribution in [0.3, 0.4) is 0 Å². The van der Waals surface area contributed by atoms with Crippen LogP contribution in [-0.4, -0.2) is 18.9 Å². The van der Waals surface area contributed by atoms with E-state index in [-0.39, 0.29) is 0 Å². The van der Waals surface area contributed by atoms with Crippen LogP contribution >= 0.6 is 11.6 Å². The number of rotatable bonds is 1. The highest BCUT2D eigenvalue weighted by Crippen LogP contribution is 2.10. The maximum Gasteiger partial charge on any atom is 0.128 e. The molecule has 2 rings (SSSR count). The lowest BCUT2D eigenvalue weighted by Crippen LogP contribution is -2.27. The molecule has 0 unspecified atom stereocenters. The number of nitrogens with zero attached hydrogens (tertiary/aromatic N) is 1. The first-order valence-corrected chi connectivity index (χ1v) is 5.78. The van der Waals surface area contributed by atoms with Crippen LogP contribution in [0.15, 0.2) is 29.3 Å². The fraction of sp³-hybridized carbons (Fsp3) is 0.417. The molecule has 0 fully saturated rings. The molecule has 0 spiro atoms. The Labute approximate surface area is 95.4 Å². The summed E-state index contributed by atoms with van der Waals surface area (Å²) >= 11 is 5.85. The monoisotopic (exact) mass is 222 g/mol. The van der Waals surface area contributed by atoms with Crippen molar-refractivity contribution in [2.24, 2.45) is 4.99 Å². The van der Waals surface area contributed by atoms with Crippen molar-refractivity contribution in [2.75, 3.05) is 13.1 Å². The molecule has 1 aliphatic heterocycles. The van der Waals surface area contributed by atoms with Gasteiger partial charge in [0.2, 0.25) is 0 Å². The van der Waals surface area contributed by atoms with E-state index in [4.69, 9.17) is 11.6 Å². The standard InChI is InChI=1S/C12H15ClN2/c13-11-6-4-10(5-7-11)12-14-8-2-1-3-9-15-12/h4-7H,1-3,8-9H2,(H,14,15). The molecular formula is C12H15ClN2. The number of hydrogen-bond donors (Lipinski definition) is 1. The molecule has 3 heteroatoms. The van der Waals surface area contributed by atoms with Gasteiger partial charge in [-0.15, -0.1) is 0 Å². The number of hydrogen-bond acceptors (Lipinski definition) is 2. The van der Waals surface area contributed by atoms with E-state index in [1.54, 1.807) is 0 Å². The van der Waals surface area contributed by atoms with Gasteiger partial charge in [-0.2, -0.15) is 0 Å². The molecule has 0 aromatic heterocycles. The molecule has 1 heterocycles. The minimum atomic E-state index is 0.769. The zero-order chi connectivity index (χ0) is 10.5. The number of amidine groups is 1. The molecule has 80 valence electrons. The van der Waals surface area contributed by atoms with Gasteiger partial charge in [0.1, 0.15) is 5.84 Å². The highest BCUT2D eigenvalue weighted by Gasteiger charge is 2.04. The topological polar surface area (TPSA) is 24.4 Å². The van der Waals surface area contributed by atoms with Crippen LogP contribution in [-0.2, 0) is 0 Å². The zero-order valence-corrected chi connectivity index (χ0v) is 9.43. The van der Waals surface area contributed by atoms with E-state index in [1.165, 1.54) is 19.3 Å². The van der Waals surface area contributed by atoms with Gasteiger partial charge >= 0.3 is 0 Å². The van der Waals surface area contributed by atoms with Gasteiger partial charge in [0.15, 0.2) is 0 Å². The van der Waals surface area contributed by atoms with Crippen LogP contribution < -0.4 is 5.32 Å². The zero-order valence-electron chi connectivity index (χ0n) is 8.67. The van der Waals surface area contributed by atoms with E-state index >= 15 is 0 Å². The lowest BCUT2D eigenvalue weighted by atomic mass is 10.1. The average molecular weight is 223 g/mol. The van der Waals surface area contributed by atoms with Crippen LogP contribution in [0.5, 0.6) is 0 Å². The summed E-state index contributed by atoms with van der Waals surface area (Å²) in [5.41, 5.74) is 1.13. The fourth-order valence-electron chi connectivity index (χ4n) is 1.67. The van der Waals surface area contributed by atoms with Gasteiger partial charge in [0.05, 0.1) is 0 Å². The predicted octanol–water partition coefficient (Wildman–Crippen LogP) is 2.86. The summed E-state index contributed by atoms with van der Waals surface area (Å²) in [4.78, 5) is 4.55. The van der Waals surface area contributed by atoms with E-state index < -0.39 is 0 Å². The van der Waals surface area contributed by atoms with Crippen molar-refractivity contribution in [3.8, 4) is 0 Å². The summed E-state index contributed by atoms with van der Waals surface area (Å²) in [6.45, 7) is 1.94. The Morgan fingerprint density at radius 3 is 2.67 bits per heavy atom. The first-order valence-electron chi connectivity index (χ1n) is 5.40. The third-order valence-electron chi connectivity index (χ3n) is 2.51. The summed E-state index contributed by atoms with van der Waals surface area (Å²) < 4.78 is 0. The molecule has 2 nitrogen and oxygen atoms in total. The van der Waals surface area contributed by atoms with Crippen molar-refractivity contribution < 1.29 is 0 Å². The third-order valence-corrected chi connectivity index (χ3v) is 2.77. The molecular weight excluding hydrogens is 208 g/mol. The third kappa shape index (κ3) is 2.96. The highest BCUT2D eigenvalue weighted by atomic mass is 35.5. The largest absolute Gasteiger partial charge is 0.370 e. The van der Waals surface area contributed by atoms with Gasteiger partial charge in [-0.1, -0.05) is 11.6 Å². The molecule has 15 heavy (non-hydrogen) atoms. The SMILES string of the molecule is Clc1ccc(C2=NCCCCCN2)cc1. The summed E-state index contributed by atoms with van der Waals surface area (Å²) in [6, 6.07) is 7.82. The van der Waals surface area contributed by atoms with Gasteiger partial charge in [-0.05, 0) is 43.5 Å². The smallest absolute Gasteiger partial charge is 0.128 e. The van der Waals surface area contributed by atoms with Crippen molar-refractivity contribution in [3.05, 3.63) is 34.9 Å². The van der Waals surface area contributed by atoms with Gasteiger partial charge in [0, 0.05) is 23.7 Å². The highest BCUT2D eigenvalue weighted by molar-refractivity contribution is 6.30. The van der Waals surface area contributed by atoms with Crippen LogP contribution in [0.2, 0.25) is 5.02 Å². The van der Waals surface area contributed by atoms with E-state index in [0.29, 0.717) is 0 Å². The molecule has 1 aliphatic rings. The van der Waals surface area contributed by atoms with Crippen molar-refractivity contribution in [1.82, 2.24) is 5.32 Å². The molecule has 0 aliphatic carbocycles. The van der Waals surface area contributed by atoms with Gasteiger partial charge in [0.25, 0.3) is 0 Å². The molecule has 0 amide bonds. The molecule has 0 saturated heterocycles. The fourth-order valence-corrected chi connectivity index (χ4v) is 1.79. The molecule has 0 bridgehead atoms. The summed E-state index contributed by atoms with van der Waals surface area (Å²) in [5, 5.41) is 4.13. The Bertz CT molecular complexity index is 343. The molecule has 0 saturated carbocycles. The second-order valence-electron chi connectivity index (χ2n) is 3.72. The molecule has 1 N–H and O–H groups in total. The van der Waals surface area contributed by atoms with E-state index in [1.807, 2.05) is 24.3 Å². The Kier molecular flexibility index (Phi) is 3.62. The summed E-state index contributed by atoms with van der Waals surface area (Å²) in [7, 11) is 0. The number of halogens is 1. The Balaban J connectivity index is 2.16. The van der Waals surface area contributed by atoms with E-state index in [9.17, 15) is 0 Å². The normalized spacial score (nSPS) is 17.3. The van der Waals surface area contributed by atoms with Crippen molar-refractivity contribution in [1.29, 1.82) is 0 Å². The Hall–Kier alpha value is -1.02. The van der Waals surface area contributed by atoms with Crippen LogP contribution in [0, 0.1) is 0 Å². The maximum absolute atomic E-state index is 5.85. The second-order valence-corrected chi connectivity index (χ2v) is 4.16. The maximum atomic E-state index is 5.85. The molecule has 0 atom stereocenters. The Morgan fingerprint density at radius 1 is 1.07 bits per heavy atom. The number of aliphatic imine (C=N–C) groups is 1. The lowest BCUT2D eigenvalue weighted by Gasteiger charge is -2.13. The van der Waals surface area contributed by atoms with E-state index in [0.717, 1.165) is 29.5 Å². The van der Waals surface area contributed by atoms with Crippen molar-refractivity contribution in [3.63, 3.8) is 0 Å². The van der Waals surface area contributed by atoms with Crippen molar-refractivity contribution >= 4 is 17.4 Å². The second kappa shape index (κ2) is 5.17. The predicted molar refractivity (Wildman–Crippen MR) is 64.7 cm³/mol. The van der Waals surface area contributed by atoms with Gasteiger partial charge in [-0.25, -0.2) is 0 Å². The van der Waals surface area contributed by atoms with E-state index in [2.05, 4.69) is 10.3 Å². The lowest BCUT2D eigenvalue weighted by molar-refractivity contribution is 0.652. The molecule has 1 aromatic rings. The minimum absolute atomic E-state index is 0.769. The summed E-state index contributed by atoms with van der Waals surface area (Å²) in [6.07, 6.45) is 3.69. The van der Waals surface area contributed by atoms with Gasteiger partial charge < -0.3 is 5.32 Å². The van der Waals surface area contributed by atoms with Gasteiger partial charge in [-0.3, -0.25) is 4.99 Å². The quantitative estimate of drug-likeness (QED) is 0.777. The first kappa shape index (κ1) is 10.5. The first-order chi connectivity index (χ1) is 7.36. The van der Waals surface area contributed by atoms with Crippen LogP contribution in [0.1, 0.15) is 24.8 Å². The van der Waals surface area contributed by atoms with Crippen LogP contribution in [0.4, 0.5) is 0 Å². The number of benzene rings is 1. The molecule has 0 radical (unpaired) electrons. The Morgan fingerprint density at radius 2 is 1.87 bits per heavy atom. The molecule has 1 aromatic carbocycles.